The Balaban J connectivity index is 2.34. The lowest BCUT2D eigenvalue weighted by molar-refractivity contribution is -0.148. The Morgan fingerprint density at radius 2 is 1.91 bits per heavy atom. The number of esters is 1. The van der Waals surface area contributed by atoms with E-state index >= 15 is 0 Å². The molecule has 0 bridgehead atoms. The van der Waals surface area contributed by atoms with Gasteiger partial charge < -0.3 is 9.84 Å². The van der Waals surface area contributed by atoms with Gasteiger partial charge in [0.05, 0.1) is 22.1 Å². The lowest BCUT2D eigenvalue weighted by atomic mass is 10.2. The topological polar surface area (TPSA) is 83.9 Å². The Morgan fingerprint density at radius 1 is 1.35 bits per heavy atom. The summed E-state index contributed by atoms with van der Waals surface area (Å²) in [5.41, 5.74) is 0.439. The molecule has 1 aliphatic heterocycles. The molecule has 1 saturated heterocycles. The number of benzene rings is 1. The lowest BCUT2D eigenvalue weighted by Gasteiger charge is -2.18. The third-order valence-electron chi connectivity index (χ3n) is 3.09. The van der Waals surface area contributed by atoms with Crippen LogP contribution in [0.15, 0.2) is 17.0 Å². The number of imide groups is 1. The molecule has 1 heterocycles. The van der Waals surface area contributed by atoms with Crippen molar-refractivity contribution in [2.24, 2.45) is 0 Å². The number of phenols is 1. The lowest BCUT2D eigenvalue weighted by Crippen LogP contribution is -2.42. The van der Waals surface area contributed by atoms with Crippen LogP contribution in [0.4, 0.5) is 4.79 Å². The van der Waals surface area contributed by atoms with Gasteiger partial charge >= 0.3 is 5.97 Å². The second-order valence-corrected chi connectivity index (χ2v) is 6.39. The third-order valence-corrected chi connectivity index (χ3v) is 4.55. The van der Waals surface area contributed by atoms with Crippen LogP contribution in [0.2, 0.25) is 10.0 Å². The van der Waals surface area contributed by atoms with Crippen LogP contribution < -0.4 is 0 Å². The van der Waals surface area contributed by atoms with Crippen molar-refractivity contribution in [3.63, 3.8) is 0 Å². The molecular formula is C14H11Cl2NO5S. The van der Waals surface area contributed by atoms with Crippen LogP contribution in [0.1, 0.15) is 12.5 Å². The summed E-state index contributed by atoms with van der Waals surface area (Å²) in [7, 11) is 1.17. The molecule has 6 nitrogen and oxygen atoms in total. The maximum atomic E-state index is 12.3. The van der Waals surface area contributed by atoms with Crippen LogP contribution in [-0.2, 0) is 14.3 Å². The van der Waals surface area contributed by atoms with Crippen molar-refractivity contribution in [1.82, 2.24) is 4.90 Å². The molecule has 0 aromatic heterocycles. The third kappa shape index (κ3) is 3.46. The van der Waals surface area contributed by atoms with Crippen LogP contribution in [0.25, 0.3) is 6.08 Å². The molecule has 9 heteroatoms. The van der Waals surface area contributed by atoms with Crippen molar-refractivity contribution >= 4 is 58.2 Å². The molecule has 0 unspecified atom stereocenters. The number of nitrogens with zero attached hydrogens (tertiary/aromatic N) is 1. The summed E-state index contributed by atoms with van der Waals surface area (Å²) < 4.78 is 4.54. The summed E-state index contributed by atoms with van der Waals surface area (Å²) in [5.74, 6) is -1.57. The van der Waals surface area contributed by atoms with E-state index < -0.39 is 23.2 Å². The molecule has 1 aromatic carbocycles. The number of carbonyl (C=O) groups is 3. The van der Waals surface area contributed by atoms with Gasteiger partial charge in [-0.2, -0.15) is 0 Å². The first-order valence-electron chi connectivity index (χ1n) is 6.29. The average Bonchev–Trinajstić information content (AvgIpc) is 2.77. The number of rotatable bonds is 3. The Morgan fingerprint density at radius 3 is 2.43 bits per heavy atom. The molecule has 23 heavy (non-hydrogen) atoms. The van der Waals surface area contributed by atoms with E-state index in [0.29, 0.717) is 17.3 Å². The van der Waals surface area contributed by atoms with Crippen LogP contribution in [-0.4, -0.2) is 40.3 Å². The first-order chi connectivity index (χ1) is 10.8. The van der Waals surface area contributed by atoms with Gasteiger partial charge in [-0.1, -0.05) is 23.2 Å². The van der Waals surface area contributed by atoms with Crippen LogP contribution in [0, 0.1) is 0 Å². The molecule has 2 rings (SSSR count). The largest absolute Gasteiger partial charge is 0.505 e. The van der Waals surface area contributed by atoms with E-state index in [0.717, 1.165) is 4.90 Å². The zero-order valence-electron chi connectivity index (χ0n) is 12.0. The van der Waals surface area contributed by atoms with Gasteiger partial charge in [-0.15, -0.1) is 0 Å². The van der Waals surface area contributed by atoms with E-state index in [1.807, 2.05) is 0 Å². The first kappa shape index (κ1) is 17.7. The van der Waals surface area contributed by atoms with Gasteiger partial charge in [0.2, 0.25) is 0 Å². The number of carbonyl (C=O) groups excluding carboxylic acids is 3. The highest BCUT2D eigenvalue weighted by atomic mass is 35.5. The smallest absolute Gasteiger partial charge is 0.328 e. The normalized spacial score (nSPS) is 17.7. The molecule has 0 aliphatic carbocycles. The molecule has 1 aromatic rings. The minimum Gasteiger partial charge on any atom is -0.505 e. The molecule has 1 atom stereocenters. The summed E-state index contributed by atoms with van der Waals surface area (Å²) in [6.45, 7) is 1.40. The maximum Gasteiger partial charge on any atom is 0.328 e. The molecule has 1 fully saturated rings. The predicted molar refractivity (Wildman–Crippen MR) is 87.4 cm³/mol. The number of amides is 2. The number of methoxy groups -OCH3 is 1. The molecule has 0 radical (unpaired) electrons. The minimum atomic E-state index is -1.02. The molecule has 0 spiro atoms. The molecule has 1 N–H and O–H groups in total. The van der Waals surface area contributed by atoms with E-state index in [2.05, 4.69) is 4.74 Å². The highest BCUT2D eigenvalue weighted by Gasteiger charge is 2.41. The molecule has 122 valence electrons. The van der Waals surface area contributed by atoms with E-state index in [-0.39, 0.29) is 20.7 Å². The fourth-order valence-electron chi connectivity index (χ4n) is 1.91. The number of ether oxygens (including phenoxy) is 1. The number of hydrogen-bond donors (Lipinski definition) is 1. The number of aromatic hydroxyl groups is 1. The molecule has 0 saturated carbocycles. The summed E-state index contributed by atoms with van der Waals surface area (Å²) >= 11 is 12.3. The Hall–Kier alpha value is -1.70. The number of halogens is 2. The van der Waals surface area contributed by atoms with Crippen molar-refractivity contribution in [2.45, 2.75) is 13.0 Å². The van der Waals surface area contributed by atoms with Crippen molar-refractivity contribution < 1.29 is 24.2 Å². The van der Waals surface area contributed by atoms with Crippen molar-refractivity contribution in [2.75, 3.05) is 7.11 Å². The summed E-state index contributed by atoms with van der Waals surface area (Å²) in [6.07, 6.45) is 1.41. The second-order valence-electron chi connectivity index (χ2n) is 4.58. The van der Waals surface area contributed by atoms with Crippen molar-refractivity contribution in [1.29, 1.82) is 0 Å². The van der Waals surface area contributed by atoms with Gasteiger partial charge in [-0.25, -0.2) is 4.79 Å². The van der Waals surface area contributed by atoms with E-state index in [1.54, 1.807) is 0 Å². The number of thioether (sulfide) groups is 1. The number of hydrogen-bond acceptors (Lipinski definition) is 6. The van der Waals surface area contributed by atoms with Crippen LogP contribution in [0.3, 0.4) is 0 Å². The summed E-state index contributed by atoms with van der Waals surface area (Å²) in [6, 6.07) is 1.78. The Kier molecular flexibility index (Phi) is 5.23. The summed E-state index contributed by atoms with van der Waals surface area (Å²) in [4.78, 5) is 36.7. The fraction of sp³-hybridized carbons (Fsp3) is 0.214. The zero-order chi connectivity index (χ0) is 17.3. The summed E-state index contributed by atoms with van der Waals surface area (Å²) in [5, 5.41) is 8.98. The van der Waals surface area contributed by atoms with Gasteiger partial charge in [-0.3, -0.25) is 14.5 Å². The van der Waals surface area contributed by atoms with E-state index in [1.165, 1.54) is 32.2 Å². The Bertz CT molecular complexity index is 711. The van der Waals surface area contributed by atoms with Crippen molar-refractivity contribution in [3.8, 4) is 5.75 Å². The van der Waals surface area contributed by atoms with Crippen molar-refractivity contribution in [3.05, 3.63) is 32.6 Å². The maximum absolute atomic E-state index is 12.3. The van der Waals surface area contributed by atoms with Gasteiger partial charge in [-0.05, 0) is 42.5 Å². The van der Waals surface area contributed by atoms with Gasteiger partial charge in [0.15, 0.2) is 5.75 Å². The number of phenolic OH excluding ortho intramolecular Hbond substituents is 1. The highest BCUT2D eigenvalue weighted by Crippen LogP contribution is 2.37. The highest BCUT2D eigenvalue weighted by molar-refractivity contribution is 8.18. The Labute approximate surface area is 146 Å². The van der Waals surface area contributed by atoms with E-state index in [4.69, 9.17) is 23.2 Å². The monoisotopic (exact) mass is 375 g/mol. The zero-order valence-corrected chi connectivity index (χ0v) is 14.3. The minimum absolute atomic E-state index is 0.0194. The molecule has 2 amide bonds. The second kappa shape index (κ2) is 6.82. The predicted octanol–water partition coefficient (Wildman–Crippen LogP) is 3.30. The molecular weight excluding hydrogens is 365 g/mol. The van der Waals surface area contributed by atoms with E-state index in [9.17, 15) is 19.5 Å². The molecule has 1 aliphatic rings. The van der Waals surface area contributed by atoms with Gasteiger partial charge in [0.25, 0.3) is 11.1 Å². The van der Waals surface area contributed by atoms with Gasteiger partial charge in [0.1, 0.15) is 6.04 Å². The average molecular weight is 376 g/mol. The first-order valence-corrected chi connectivity index (χ1v) is 7.86. The van der Waals surface area contributed by atoms with Crippen LogP contribution in [0.5, 0.6) is 5.75 Å². The van der Waals surface area contributed by atoms with Gasteiger partial charge in [0, 0.05) is 0 Å². The standard InChI is InChI=1S/C14H11Cl2NO5S/c1-6(13(20)22-2)17-12(19)10(23-14(17)21)5-7-3-8(15)11(18)9(16)4-7/h3-6,18H,1-2H3/b10-5+/t6-/m1/s1. The SMILES string of the molecule is COC(=O)[C@@H](C)N1C(=O)S/C(=C/c2cc(Cl)c(O)c(Cl)c2)C1=O. The quantitative estimate of drug-likeness (QED) is 0.644. The van der Waals surface area contributed by atoms with Crippen LogP contribution >= 0.6 is 35.0 Å². The fourth-order valence-corrected chi connectivity index (χ4v) is 3.32.